The predicted octanol–water partition coefficient (Wildman–Crippen LogP) is 4.71. The topological polar surface area (TPSA) is 16.4 Å². The minimum absolute atomic E-state index is 0.164. The number of benzene rings is 9. The van der Waals surface area contributed by atoms with Crippen LogP contribution in [0.15, 0.2) is 156 Å². The third-order valence-corrected chi connectivity index (χ3v) is 11.7. The molecule has 0 atom stereocenters. The van der Waals surface area contributed by atoms with Crippen molar-refractivity contribution < 1.29 is 4.42 Å². The normalized spacial score (nSPS) is 11.5. The minimum atomic E-state index is 0.164. The van der Waals surface area contributed by atoms with Crippen LogP contribution in [-0.4, -0.2) is 62.8 Å². The number of hydrogen-bond acceptors (Lipinski definition) is 2. The van der Waals surface area contributed by atoms with Gasteiger partial charge >= 0.3 is 0 Å². The average molecular weight is 742 g/mol. The lowest BCUT2D eigenvalue weighted by molar-refractivity contribution is 0.669. The minimum Gasteiger partial charge on any atom is -0.456 e. The Kier molecular flexibility index (Phi) is 9.28. The van der Waals surface area contributed by atoms with Gasteiger partial charge in [0.2, 0.25) is 0 Å². The van der Waals surface area contributed by atoms with Gasteiger partial charge in [0.1, 0.15) is 73.9 Å². The van der Waals surface area contributed by atoms with Crippen molar-refractivity contribution in [2.45, 2.75) is 0 Å². The van der Waals surface area contributed by atoms with Gasteiger partial charge in [-0.25, -0.2) is 0 Å². The fourth-order valence-electron chi connectivity index (χ4n) is 8.75. The van der Waals surface area contributed by atoms with Crippen molar-refractivity contribution in [2.75, 3.05) is 4.90 Å². The lowest BCUT2D eigenvalue weighted by Gasteiger charge is -2.37. The maximum atomic E-state index is 7.14. The summed E-state index contributed by atoms with van der Waals surface area (Å²) in [5.74, 6) is 0. The molecule has 0 N–H and O–H groups in total. The zero-order chi connectivity index (χ0) is 41.4. The maximum Gasteiger partial charge on any atom is 0.136 e. The molecule has 10 rings (SSSR count). The second-order valence-corrected chi connectivity index (χ2v) is 15.0. The molecule has 1 heterocycles. The molecule has 0 aliphatic rings. The second kappa shape index (κ2) is 14.7. The van der Waals surface area contributed by atoms with E-state index < -0.39 is 0 Å². The quantitative estimate of drug-likeness (QED) is 0.230. The Balaban J connectivity index is 1.22. The SMILES string of the molecule is [B]c1c([B])c(N(c2ccc(-c3cccc4oc5ccccc5c34)cc2)c2c([B])c([B])c(-c3cccc4ccccc34)c([B])c2[B])c([B])c([B])c1-c1cccc2ccccc12. The maximum absolute atomic E-state index is 7.14. The fraction of sp³-hybridized carbons (Fsp3) is 0. The monoisotopic (exact) mass is 743 g/mol. The molecule has 0 aliphatic carbocycles. The Hall–Kier alpha value is -6.38. The van der Waals surface area contributed by atoms with Gasteiger partial charge in [-0.15, -0.1) is 0 Å². The highest BCUT2D eigenvalue weighted by Gasteiger charge is 2.27. The predicted molar refractivity (Wildman–Crippen MR) is 263 cm³/mol. The third kappa shape index (κ3) is 5.83. The van der Waals surface area contributed by atoms with E-state index in [0.717, 1.165) is 65.7 Å². The average Bonchev–Trinajstić information content (AvgIpc) is 3.67. The van der Waals surface area contributed by atoms with E-state index in [1.807, 2.05) is 140 Å². The van der Waals surface area contributed by atoms with Crippen LogP contribution in [0.2, 0.25) is 0 Å². The standard InChI is InChI=1S/C50H25B8NO/c51-41-39(33-18-7-12-26-10-1-3-14-30(26)33)42(52)46(56)49(45(41)55)59(29-24-22-28(23-25-29)32-17-9-21-37-38(32)35-16-5-6-20-36(35)60-37)50-47(57)43(53)40(44(54)48(50)58)34-19-8-13-27-11-2-4-15-31(27)34/h1-25H. The molecular formula is C50H25B8NO. The summed E-state index contributed by atoms with van der Waals surface area (Å²) in [7, 11) is 56.7. The summed E-state index contributed by atoms with van der Waals surface area (Å²) in [6.07, 6.45) is 0. The molecule has 0 unspecified atom stereocenters. The summed E-state index contributed by atoms with van der Waals surface area (Å²) in [5.41, 5.74) is 8.89. The van der Waals surface area contributed by atoms with E-state index in [1.54, 1.807) is 4.90 Å². The van der Waals surface area contributed by atoms with Crippen molar-refractivity contribution in [1.82, 2.24) is 0 Å². The van der Waals surface area contributed by atoms with Gasteiger partial charge in [-0.1, -0.05) is 171 Å². The van der Waals surface area contributed by atoms with E-state index in [9.17, 15) is 0 Å². The van der Waals surface area contributed by atoms with Gasteiger partial charge < -0.3 is 9.32 Å². The Morgan fingerprint density at radius 2 is 0.733 bits per heavy atom. The zero-order valence-electron chi connectivity index (χ0n) is 32.4. The number of fused-ring (bicyclic) bond motifs is 5. The third-order valence-electron chi connectivity index (χ3n) is 11.7. The molecule has 10 aromatic rings. The van der Waals surface area contributed by atoms with Crippen LogP contribution in [0.5, 0.6) is 0 Å². The first-order valence-corrected chi connectivity index (χ1v) is 19.4. The van der Waals surface area contributed by atoms with Crippen molar-refractivity contribution >= 4 is 167 Å². The Bertz CT molecular complexity index is 3160. The molecule has 2 nitrogen and oxygen atoms in total. The molecular weight excluding hydrogens is 717 g/mol. The van der Waals surface area contributed by atoms with Gasteiger partial charge in [0.15, 0.2) is 0 Å². The molecule has 0 amide bonds. The van der Waals surface area contributed by atoms with Gasteiger partial charge in [-0.2, -0.15) is 0 Å². The summed E-state index contributed by atoms with van der Waals surface area (Å²) >= 11 is 0. The Labute approximate surface area is 359 Å². The Morgan fingerprint density at radius 3 is 1.25 bits per heavy atom. The molecule has 0 fully saturated rings. The molecule has 9 aromatic carbocycles. The van der Waals surface area contributed by atoms with Gasteiger partial charge in [0, 0.05) is 27.8 Å². The largest absolute Gasteiger partial charge is 0.456 e. The van der Waals surface area contributed by atoms with Crippen LogP contribution in [-0.2, 0) is 0 Å². The molecule has 10 heteroatoms. The van der Waals surface area contributed by atoms with Crippen LogP contribution in [0.4, 0.5) is 17.1 Å². The summed E-state index contributed by atoms with van der Waals surface area (Å²) in [6.45, 7) is 0. The number of nitrogens with zero attached hydrogens (tertiary/aromatic N) is 1. The molecule has 60 heavy (non-hydrogen) atoms. The van der Waals surface area contributed by atoms with Gasteiger partial charge in [-0.05, 0) is 79.2 Å². The van der Waals surface area contributed by atoms with Crippen molar-refractivity contribution in [1.29, 1.82) is 0 Å². The first kappa shape index (κ1) is 37.9. The number of para-hydroxylation sites is 1. The van der Waals surface area contributed by atoms with Crippen LogP contribution in [0.25, 0.3) is 76.9 Å². The van der Waals surface area contributed by atoms with Crippen LogP contribution in [0.1, 0.15) is 0 Å². The number of anilines is 3. The molecule has 1 aromatic heterocycles. The number of hydrogen-bond donors (Lipinski definition) is 0. The summed E-state index contributed by atoms with van der Waals surface area (Å²) in [4.78, 5) is 1.76. The van der Waals surface area contributed by atoms with Gasteiger partial charge in [0.05, 0.1) is 0 Å². The highest BCUT2D eigenvalue weighted by Crippen LogP contribution is 2.39. The fourth-order valence-corrected chi connectivity index (χ4v) is 8.75. The molecule has 0 saturated carbocycles. The lowest BCUT2D eigenvalue weighted by Crippen LogP contribution is -2.50. The Morgan fingerprint density at radius 1 is 0.333 bits per heavy atom. The van der Waals surface area contributed by atoms with E-state index in [0.29, 0.717) is 16.8 Å². The summed E-state index contributed by atoms with van der Waals surface area (Å²) < 4.78 is 6.21. The number of furan rings is 1. The molecule has 0 bridgehead atoms. The molecule has 0 saturated heterocycles. The number of rotatable bonds is 6. The van der Waals surface area contributed by atoms with E-state index >= 15 is 0 Å². The molecule has 0 aliphatic heterocycles. The summed E-state index contributed by atoms with van der Waals surface area (Å²) in [6, 6.07) is 49.7. The van der Waals surface area contributed by atoms with Crippen LogP contribution in [0.3, 0.4) is 0 Å². The van der Waals surface area contributed by atoms with E-state index in [2.05, 4.69) is 12.1 Å². The van der Waals surface area contributed by atoms with Crippen LogP contribution >= 0.6 is 0 Å². The smallest absolute Gasteiger partial charge is 0.136 e. The lowest BCUT2D eigenvalue weighted by atomic mass is 9.62. The van der Waals surface area contributed by atoms with Crippen molar-refractivity contribution in [2.24, 2.45) is 0 Å². The zero-order valence-corrected chi connectivity index (χ0v) is 32.4. The van der Waals surface area contributed by atoms with Gasteiger partial charge in [0.25, 0.3) is 0 Å². The van der Waals surface area contributed by atoms with Crippen molar-refractivity contribution in [3.8, 4) is 33.4 Å². The first-order chi connectivity index (χ1) is 29.1. The van der Waals surface area contributed by atoms with E-state index in [-0.39, 0.29) is 55.1 Å². The summed E-state index contributed by atoms with van der Waals surface area (Å²) in [5, 5.41) is 5.92. The molecule has 260 valence electrons. The van der Waals surface area contributed by atoms with Crippen LogP contribution < -0.4 is 48.6 Å². The molecule has 0 spiro atoms. The second-order valence-electron chi connectivity index (χ2n) is 15.0. The van der Waals surface area contributed by atoms with Crippen LogP contribution in [0, 0.1) is 0 Å². The highest BCUT2D eigenvalue weighted by molar-refractivity contribution is 6.65. The van der Waals surface area contributed by atoms with Crippen molar-refractivity contribution in [3.05, 3.63) is 152 Å². The van der Waals surface area contributed by atoms with Gasteiger partial charge in [-0.3, -0.25) is 0 Å². The molecule has 16 radical (unpaired) electrons. The van der Waals surface area contributed by atoms with E-state index in [1.165, 1.54) is 0 Å². The van der Waals surface area contributed by atoms with E-state index in [4.69, 9.17) is 67.2 Å². The highest BCUT2D eigenvalue weighted by atomic mass is 16.3. The van der Waals surface area contributed by atoms with Crippen molar-refractivity contribution in [3.63, 3.8) is 0 Å². The first-order valence-electron chi connectivity index (χ1n) is 19.4.